The van der Waals surface area contributed by atoms with E-state index in [0.717, 1.165) is 27.5 Å². The Kier molecular flexibility index (Phi) is 4.95. The van der Waals surface area contributed by atoms with Crippen LogP contribution in [-0.4, -0.2) is 24.6 Å². The summed E-state index contributed by atoms with van der Waals surface area (Å²) in [7, 11) is 1.41. The highest BCUT2D eigenvalue weighted by atomic mass is 79.9. The topological polar surface area (TPSA) is 51.2 Å². The fraction of sp³-hybridized carbons (Fsp3) is 0.333. The molecule has 0 unspecified atom stereocenters. The minimum atomic E-state index is -0.184. The van der Waals surface area contributed by atoms with Gasteiger partial charge in [0.05, 0.1) is 7.11 Å². The zero-order chi connectivity index (χ0) is 14.5. The van der Waals surface area contributed by atoms with E-state index in [-0.39, 0.29) is 5.97 Å². The molecule has 0 saturated carbocycles. The molecule has 2 aromatic rings. The number of aryl methyl sites for hydroxylation is 1. The molecular formula is C15H17BrN2O2. The quantitative estimate of drug-likeness (QED) is 0.668. The Morgan fingerprint density at radius 2 is 2.20 bits per heavy atom. The van der Waals surface area contributed by atoms with Crippen LogP contribution in [0.4, 0.5) is 5.82 Å². The van der Waals surface area contributed by atoms with Gasteiger partial charge in [-0.3, -0.25) is 4.79 Å². The SMILES string of the molecule is COC(=O)CCCNc1nccc2c(Br)ccc(C)c12. The molecule has 1 N–H and O–H groups in total. The molecule has 0 atom stereocenters. The number of esters is 1. The highest BCUT2D eigenvalue weighted by Crippen LogP contribution is 2.30. The largest absolute Gasteiger partial charge is 0.469 e. The van der Waals surface area contributed by atoms with Crippen molar-refractivity contribution >= 4 is 38.5 Å². The molecule has 0 saturated heterocycles. The number of benzene rings is 1. The lowest BCUT2D eigenvalue weighted by atomic mass is 10.1. The Balaban J connectivity index is 2.14. The fourth-order valence-electron chi connectivity index (χ4n) is 2.11. The van der Waals surface area contributed by atoms with Crippen molar-refractivity contribution in [1.82, 2.24) is 4.98 Å². The highest BCUT2D eigenvalue weighted by Gasteiger charge is 2.08. The van der Waals surface area contributed by atoms with E-state index in [1.54, 1.807) is 6.20 Å². The van der Waals surface area contributed by atoms with Crippen LogP contribution in [-0.2, 0) is 9.53 Å². The molecule has 0 bridgehead atoms. The van der Waals surface area contributed by atoms with Crippen LogP contribution in [0, 0.1) is 6.92 Å². The number of hydrogen-bond donors (Lipinski definition) is 1. The molecule has 4 nitrogen and oxygen atoms in total. The monoisotopic (exact) mass is 336 g/mol. The van der Waals surface area contributed by atoms with Crippen molar-refractivity contribution in [3.63, 3.8) is 0 Å². The van der Waals surface area contributed by atoms with Gasteiger partial charge in [0.2, 0.25) is 0 Å². The molecule has 20 heavy (non-hydrogen) atoms. The van der Waals surface area contributed by atoms with E-state index >= 15 is 0 Å². The van der Waals surface area contributed by atoms with Gasteiger partial charge in [-0.2, -0.15) is 0 Å². The zero-order valence-corrected chi connectivity index (χ0v) is 13.2. The second-order valence-corrected chi connectivity index (χ2v) is 5.41. The van der Waals surface area contributed by atoms with Gasteiger partial charge in [-0.1, -0.05) is 22.0 Å². The molecule has 0 aliphatic carbocycles. The zero-order valence-electron chi connectivity index (χ0n) is 11.6. The van der Waals surface area contributed by atoms with Crippen LogP contribution in [0.1, 0.15) is 18.4 Å². The molecule has 1 heterocycles. The van der Waals surface area contributed by atoms with Gasteiger partial charge in [0.1, 0.15) is 5.82 Å². The predicted octanol–water partition coefficient (Wildman–Crippen LogP) is 3.67. The number of anilines is 1. The lowest BCUT2D eigenvalue weighted by Crippen LogP contribution is -2.08. The Morgan fingerprint density at radius 3 is 2.95 bits per heavy atom. The Hall–Kier alpha value is -1.62. The van der Waals surface area contributed by atoms with Crippen molar-refractivity contribution in [3.05, 3.63) is 34.4 Å². The first kappa shape index (κ1) is 14.8. The molecule has 2 rings (SSSR count). The third-order valence-corrected chi connectivity index (χ3v) is 3.85. The number of hydrogen-bond acceptors (Lipinski definition) is 4. The van der Waals surface area contributed by atoms with E-state index in [1.165, 1.54) is 12.7 Å². The van der Waals surface area contributed by atoms with Crippen LogP contribution in [0.3, 0.4) is 0 Å². The maximum atomic E-state index is 11.1. The van der Waals surface area contributed by atoms with Gasteiger partial charge in [0.15, 0.2) is 0 Å². The van der Waals surface area contributed by atoms with Gasteiger partial charge >= 0.3 is 5.97 Å². The molecule has 1 aromatic heterocycles. The number of nitrogens with one attached hydrogen (secondary N) is 1. The van der Waals surface area contributed by atoms with Crippen molar-refractivity contribution in [2.45, 2.75) is 19.8 Å². The summed E-state index contributed by atoms with van der Waals surface area (Å²) in [4.78, 5) is 15.5. The molecule has 0 spiro atoms. The molecular weight excluding hydrogens is 320 g/mol. The number of aromatic nitrogens is 1. The summed E-state index contributed by atoms with van der Waals surface area (Å²) in [6, 6.07) is 6.10. The number of carbonyl (C=O) groups is 1. The average Bonchev–Trinajstić information content (AvgIpc) is 2.47. The fourth-order valence-corrected chi connectivity index (χ4v) is 2.57. The molecule has 0 amide bonds. The van der Waals surface area contributed by atoms with E-state index < -0.39 is 0 Å². The summed E-state index contributed by atoms with van der Waals surface area (Å²) in [6.45, 7) is 2.75. The Morgan fingerprint density at radius 1 is 1.40 bits per heavy atom. The van der Waals surface area contributed by atoms with Crippen LogP contribution in [0.2, 0.25) is 0 Å². The summed E-state index contributed by atoms with van der Waals surface area (Å²) in [5.41, 5.74) is 1.17. The number of methoxy groups -OCH3 is 1. The van der Waals surface area contributed by atoms with Crippen molar-refractivity contribution in [3.8, 4) is 0 Å². The smallest absolute Gasteiger partial charge is 0.305 e. The van der Waals surface area contributed by atoms with E-state index in [1.807, 2.05) is 12.1 Å². The summed E-state index contributed by atoms with van der Waals surface area (Å²) in [5, 5.41) is 5.54. The van der Waals surface area contributed by atoms with Gasteiger partial charge in [-0.05, 0) is 31.0 Å². The third-order valence-electron chi connectivity index (χ3n) is 3.16. The summed E-state index contributed by atoms with van der Waals surface area (Å²) >= 11 is 3.56. The minimum Gasteiger partial charge on any atom is -0.469 e. The molecule has 0 radical (unpaired) electrons. The number of nitrogens with zero attached hydrogens (tertiary/aromatic N) is 1. The van der Waals surface area contributed by atoms with Crippen molar-refractivity contribution in [1.29, 1.82) is 0 Å². The molecule has 1 aromatic carbocycles. The van der Waals surface area contributed by atoms with Crippen LogP contribution in [0.5, 0.6) is 0 Å². The first-order chi connectivity index (χ1) is 9.63. The maximum absolute atomic E-state index is 11.1. The van der Waals surface area contributed by atoms with Gasteiger partial charge in [-0.25, -0.2) is 4.98 Å². The molecule has 0 aliphatic heterocycles. The number of rotatable bonds is 5. The molecule has 106 valence electrons. The summed E-state index contributed by atoms with van der Waals surface area (Å²) < 4.78 is 5.67. The van der Waals surface area contributed by atoms with Gasteiger partial charge in [0, 0.05) is 34.4 Å². The number of halogens is 1. The third kappa shape index (κ3) is 3.28. The van der Waals surface area contributed by atoms with E-state index in [0.29, 0.717) is 13.0 Å². The minimum absolute atomic E-state index is 0.184. The van der Waals surface area contributed by atoms with Gasteiger partial charge in [0.25, 0.3) is 0 Å². The van der Waals surface area contributed by atoms with Crippen LogP contribution in [0.25, 0.3) is 10.8 Å². The van der Waals surface area contributed by atoms with Crippen LogP contribution >= 0.6 is 15.9 Å². The number of pyridine rings is 1. The van der Waals surface area contributed by atoms with Crippen molar-refractivity contribution in [2.24, 2.45) is 0 Å². The summed E-state index contributed by atoms with van der Waals surface area (Å²) in [6.07, 6.45) is 2.92. The van der Waals surface area contributed by atoms with E-state index in [2.05, 4.69) is 44.0 Å². The van der Waals surface area contributed by atoms with Crippen molar-refractivity contribution < 1.29 is 9.53 Å². The number of fused-ring (bicyclic) bond motifs is 1. The second-order valence-electron chi connectivity index (χ2n) is 4.55. The van der Waals surface area contributed by atoms with Crippen LogP contribution < -0.4 is 5.32 Å². The molecule has 0 aliphatic rings. The number of ether oxygens (including phenoxy) is 1. The predicted molar refractivity (Wildman–Crippen MR) is 83.9 cm³/mol. The normalized spacial score (nSPS) is 10.6. The maximum Gasteiger partial charge on any atom is 0.305 e. The van der Waals surface area contributed by atoms with Crippen molar-refractivity contribution in [2.75, 3.05) is 19.0 Å². The van der Waals surface area contributed by atoms with Crippen LogP contribution in [0.15, 0.2) is 28.9 Å². The van der Waals surface area contributed by atoms with Gasteiger partial charge < -0.3 is 10.1 Å². The lowest BCUT2D eigenvalue weighted by Gasteiger charge is -2.11. The first-order valence-corrected chi connectivity index (χ1v) is 7.27. The second kappa shape index (κ2) is 6.70. The standard InChI is InChI=1S/C15H17BrN2O2/c1-10-5-6-12(16)11-7-9-18-15(14(10)11)17-8-3-4-13(19)20-2/h5-7,9H,3-4,8H2,1-2H3,(H,17,18). The number of carbonyl (C=O) groups excluding carboxylic acids is 1. The first-order valence-electron chi connectivity index (χ1n) is 6.48. The molecule has 0 fully saturated rings. The Bertz CT molecular complexity index is 629. The average molecular weight is 337 g/mol. The van der Waals surface area contributed by atoms with E-state index in [4.69, 9.17) is 0 Å². The molecule has 5 heteroatoms. The Labute approximate surface area is 126 Å². The highest BCUT2D eigenvalue weighted by molar-refractivity contribution is 9.10. The van der Waals surface area contributed by atoms with Gasteiger partial charge in [-0.15, -0.1) is 0 Å². The van der Waals surface area contributed by atoms with E-state index in [9.17, 15) is 4.79 Å². The summed E-state index contributed by atoms with van der Waals surface area (Å²) in [5.74, 6) is 0.669. The lowest BCUT2D eigenvalue weighted by molar-refractivity contribution is -0.140.